The number of alkyl halides is 3. The Labute approximate surface area is 164 Å². The number of alkyl carbamates (subject to hydrolysis) is 1. The largest absolute Gasteiger partial charge is 0.440 e. The molecule has 1 heterocycles. The van der Waals surface area contributed by atoms with Crippen molar-refractivity contribution in [3.8, 4) is 0 Å². The van der Waals surface area contributed by atoms with Gasteiger partial charge in [0.1, 0.15) is 0 Å². The van der Waals surface area contributed by atoms with Crippen LogP contribution < -0.4 is 10.6 Å². The van der Waals surface area contributed by atoms with Crippen molar-refractivity contribution < 1.29 is 27.5 Å². The molecule has 0 atom stereocenters. The number of rotatable bonds is 6. The molecule has 29 heavy (non-hydrogen) atoms. The molecule has 0 spiro atoms. The number of nitrogens with one attached hydrogen (secondary N) is 2. The summed E-state index contributed by atoms with van der Waals surface area (Å²) < 4.78 is 42.1. The smallest absolute Gasteiger partial charge is 0.422 e. The Bertz CT molecular complexity index is 1040. The van der Waals surface area contributed by atoms with Crippen LogP contribution in [0.3, 0.4) is 0 Å². The average molecular weight is 407 g/mol. The molecule has 0 saturated heterocycles. The molecule has 2 N–H and O–H groups in total. The lowest BCUT2D eigenvalue weighted by molar-refractivity contribution is -0.160. The van der Waals surface area contributed by atoms with Crippen molar-refractivity contribution in [1.29, 1.82) is 0 Å². The number of aromatic nitrogens is 1. The average Bonchev–Trinajstić information content (AvgIpc) is 2.99. The zero-order chi connectivity index (χ0) is 21.0. The van der Waals surface area contributed by atoms with E-state index in [0.717, 1.165) is 28.4 Å². The van der Waals surface area contributed by atoms with Crippen LogP contribution in [0.4, 0.5) is 23.7 Å². The number of fused-ring (bicyclic) bond motifs is 3. The van der Waals surface area contributed by atoms with Gasteiger partial charge in [0.05, 0.1) is 0 Å². The highest BCUT2D eigenvalue weighted by molar-refractivity contribution is 6.09. The summed E-state index contributed by atoms with van der Waals surface area (Å²) in [6.45, 7) is 1.07. The number of carbonyl (C=O) groups excluding carboxylic acids is 2. The fourth-order valence-electron chi connectivity index (χ4n) is 3.17. The van der Waals surface area contributed by atoms with Crippen LogP contribution in [0.15, 0.2) is 42.5 Å². The van der Waals surface area contributed by atoms with Crippen molar-refractivity contribution >= 4 is 39.5 Å². The normalized spacial score (nSPS) is 11.6. The predicted octanol–water partition coefficient (Wildman–Crippen LogP) is 4.43. The van der Waals surface area contributed by atoms with Gasteiger partial charge < -0.3 is 19.9 Å². The highest BCUT2D eigenvalue weighted by Crippen LogP contribution is 2.30. The number of aryl methyl sites for hydroxylation is 1. The van der Waals surface area contributed by atoms with Gasteiger partial charge in [-0.05, 0) is 31.2 Å². The van der Waals surface area contributed by atoms with Crippen LogP contribution in [0.5, 0.6) is 0 Å². The van der Waals surface area contributed by atoms with E-state index in [9.17, 15) is 22.8 Å². The standard InChI is InChI=1S/C20H20F3N3O3/c1-2-26-16-6-4-3-5-14(16)15-11-13(7-8-17(15)26)25-18(27)9-10-24-19(28)29-12-20(21,22)23/h3-8,11H,2,9-10,12H2,1H3,(H,24,28)(H,25,27). The van der Waals surface area contributed by atoms with E-state index in [2.05, 4.69) is 26.9 Å². The lowest BCUT2D eigenvalue weighted by Gasteiger charge is -2.09. The number of amides is 2. The van der Waals surface area contributed by atoms with Crippen LogP contribution in [0, 0.1) is 0 Å². The van der Waals surface area contributed by atoms with E-state index in [4.69, 9.17) is 0 Å². The molecular formula is C20H20F3N3O3. The maximum absolute atomic E-state index is 12.1. The van der Waals surface area contributed by atoms with Crippen LogP contribution in [0.25, 0.3) is 21.8 Å². The molecule has 0 saturated carbocycles. The van der Waals surface area contributed by atoms with Gasteiger partial charge in [-0.3, -0.25) is 4.79 Å². The minimum Gasteiger partial charge on any atom is -0.440 e. The fraction of sp³-hybridized carbons (Fsp3) is 0.300. The lowest BCUT2D eigenvalue weighted by Crippen LogP contribution is -2.31. The number of hydrogen-bond acceptors (Lipinski definition) is 3. The Morgan fingerprint density at radius 2 is 1.79 bits per heavy atom. The molecule has 2 aromatic carbocycles. The Morgan fingerprint density at radius 3 is 2.52 bits per heavy atom. The molecule has 0 aliphatic carbocycles. The van der Waals surface area contributed by atoms with Crippen molar-refractivity contribution in [1.82, 2.24) is 9.88 Å². The van der Waals surface area contributed by atoms with Gasteiger partial charge in [0.15, 0.2) is 6.61 Å². The Balaban J connectivity index is 1.61. The minimum absolute atomic E-state index is 0.101. The first-order valence-electron chi connectivity index (χ1n) is 9.06. The Hall–Kier alpha value is -3.23. The quantitative estimate of drug-likeness (QED) is 0.635. The maximum Gasteiger partial charge on any atom is 0.422 e. The summed E-state index contributed by atoms with van der Waals surface area (Å²) in [7, 11) is 0. The lowest BCUT2D eigenvalue weighted by atomic mass is 10.1. The molecule has 6 nitrogen and oxygen atoms in total. The molecule has 1 aromatic heterocycles. The van der Waals surface area contributed by atoms with Gasteiger partial charge in [0.2, 0.25) is 5.91 Å². The number of ether oxygens (including phenoxy) is 1. The van der Waals surface area contributed by atoms with E-state index in [1.807, 2.05) is 36.4 Å². The van der Waals surface area contributed by atoms with Crippen molar-refractivity contribution in [3.63, 3.8) is 0 Å². The molecule has 0 aliphatic rings. The first-order chi connectivity index (χ1) is 13.8. The molecular weight excluding hydrogens is 387 g/mol. The molecule has 0 radical (unpaired) electrons. The van der Waals surface area contributed by atoms with E-state index >= 15 is 0 Å². The minimum atomic E-state index is -4.59. The number of hydrogen-bond donors (Lipinski definition) is 2. The van der Waals surface area contributed by atoms with Gasteiger partial charge >= 0.3 is 12.3 Å². The van der Waals surface area contributed by atoms with Gasteiger partial charge in [-0.15, -0.1) is 0 Å². The van der Waals surface area contributed by atoms with E-state index in [1.54, 1.807) is 6.07 Å². The highest BCUT2D eigenvalue weighted by atomic mass is 19.4. The first-order valence-corrected chi connectivity index (χ1v) is 9.06. The molecule has 2 amide bonds. The third-order valence-corrected chi connectivity index (χ3v) is 4.36. The Morgan fingerprint density at radius 1 is 1.07 bits per heavy atom. The van der Waals surface area contributed by atoms with E-state index in [-0.39, 0.29) is 18.9 Å². The van der Waals surface area contributed by atoms with E-state index < -0.39 is 18.9 Å². The van der Waals surface area contributed by atoms with Crippen molar-refractivity contribution in [2.45, 2.75) is 26.1 Å². The van der Waals surface area contributed by atoms with Gasteiger partial charge in [-0.25, -0.2) is 4.79 Å². The second-order valence-electron chi connectivity index (χ2n) is 6.41. The van der Waals surface area contributed by atoms with Gasteiger partial charge in [0.25, 0.3) is 0 Å². The first kappa shape index (κ1) is 20.5. The molecule has 154 valence electrons. The van der Waals surface area contributed by atoms with Crippen LogP contribution in [0.2, 0.25) is 0 Å². The van der Waals surface area contributed by atoms with Gasteiger partial charge in [0, 0.05) is 47.0 Å². The van der Waals surface area contributed by atoms with Crippen molar-refractivity contribution in [3.05, 3.63) is 42.5 Å². The molecule has 3 rings (SSSR count). The van der Waals surface area contributed by atoms with Crippen molar-refractivity contribution in [2.75, 3.05) is 18.5 Å². The molecule has 9 heteroatoms. The summed E-state index contributed by atoms with van der Waals surface area (Å²) in [6.07, 6.45) is -5.91. The second-order valence-corrected chi connectivity index (χ2v) is 6.41. The zero-order valence-electron chi connectivity index (χ0n) is 15.7. The summed E-state index contributed by atoms with van der Waals surface area (Å²) in [5.74, 6) is -0.375. The van der Waals surface area contributed by atoms with Gasteiger partial charge in [-0.1, -0.05) is 18.2 Å². The summed E-state index contributed by atoms with van der Waals surface area (Å²) in [5.41, 5.74) is 2.76. The number of benzene rings is 2. The number of para-hydroxylation sites is 1. The SMILES string of the molecule is CCn1c2ccccc2c2cc(NC(=O)CCNC(=O)OCC(F)(F)F)ccc21. The van der Waals surface area contributed by atoms with E-state index in [1.165, 1.54) is 0 Å². The molecule has 0 fully saturated rings. The van der Waals surface area contributed by atoms with Crippen LogP contribution in [-0.2, 0) is 16.1 Å². The second kappa shape index (κ2) is 8.42. The zero-order valence-corrected chi connectivity index (χ0v) is 15.7. The van der Waals surface area contributed by atoms with Crippen LogP contribution in [-0.4, -0.2) is 35.9 Å². The molecule has 0 unspecified atom stereocenters. The highest BCUT2D eigenvalue weighted by Gasteiger charge is 2.29. The van der Waals surface area contributed by atoms with Gasteiger partial charge in [-0.2, -0.15) is 13.2 Å². The molecule has 0 bridgehead atoms. The fourth-order valence-corrected chi connectivity index (χ4v) is 3.17. The topological polar surface area (TPSA) is 72.4 Å². The monoisotopic (exact) mass is 407 g/mol. The number of halogens is 3. The summed E-state index contributed by atoms with van der Waals surface area (Å²) in [5, 5.41) is 6.93. The number of anilines is 1. The summed E-state index contributed by atoms with van der Waals surface area (Å²) >= 11 is 0. The third-order valence-electron chi connectivity index (χ3n) is 4.36. The number of carbonyl (C=O) groups is 2. The molecule has 3 aromatic rings. The number of nitrogens with zero attached hydrogens (tertiary/aromatic N) is 1. The maximum atomic E-state index is 12.1. The Kier molecular flexibility index (Phi) is 5.95. The summed E-state index contributed by atoms with van der Waals surface area (Å²) in [6, 6.07) is 13.6. The molecule has 0 aliphatic heterocycles. The van der Waals surface area contributed by atoms with Crippen LogP contribution in [0.1, 0.15) is 13.3 Å². The van der Waals surface area contributed by atoms with Crippen LogP contribution >= 0.6 is 0 Å². The van der Waals surface area contributed by atoms with E-state index in [0.29, 0.717) is 5.69 Å². The predicted molar refractivity (Wildman–Crippen MR) is 104 cm³/mol. The summed E-state index contributed by atoms with van der Waals surface area (Å²) in [4.78, 5) is 23.2. The third kappa shape index (κ3) is 4.98. The van der Waals surface area contributed by atoms with Crippen molar-refractivity contribution in [2.24, 2.45) is 0 Å².